The van der Waals surface area contributed by atoms with E-state index in [1.807, 2.05) is 13.8 Å². The lowest BCUT2D eigenvalue weighted by Gasteiger charge is -2.26. The molecule has 162 valence electrons. The summed E-state index contributed by atoms with van der Waals surface area (Å²) >= 11 is 0. The van der Waals surface area contributed by atoms with Crippen LogP contribution in [0.2, 0.25) is 13.1 Å². The van der Waals surface area contributed by atoms with Gasteiger partial charge in [-0.2, -0.15) is 0 Å². The van der Waals surface area contributed by atoms with E-state index in [-0.39, 0.29) is 0 Å². The molecule has 3 heteroatoms. The predicted octanol–water partition coefficient (Wildman–Crippen LogP) is 7.42. The molecule has 33 heavy (non-hydrogen) atoms. The highest BCUT2D eigenvalue weighted by Crippen LogP contribution is 2.55. The summed E-state index contributed by atoms with van der Waals surface area (Å²) in [7, 11) is -2.13. The van der Waals surface area contributed by atoms with Gasteiger partial charge in [-0.3, -0.25) is 9.97 Å². The van der Waals surface area contributed by atoms with Crippen LogP contribution >= 0.6 is 0 Å². The SMILES string of the molecule is Cc1ccc(C2=C(c3ccccc3)C(c3ccccc3)=C(c3ccc(C)nc3)[Si]2(C)C)cn1. The zero-order valence-corrected chi connectivity index (χ0v) is 20.6. The van der Waals surface area contributed by atoms with E-state index in [9.17, 15) is 0 Å². The smallest absolute Gasteiger partial charge is 0.115 e. The number of aryl methyl sites for hydroxylation is 2. The number of aromatic nitrogens is 2. The Balaban J connectivity index is 1.90. The molecule has 0 unspecified atom stereocenters. The van der Waals surface area contributed by atoms with Crippen molar-refractivity contribution in [3.8, 4) is 0 Å². The van der Waals surface area contributed by atoms with E-state index in [1.165, 1.54) is 43.8 Å². The topological polar surface area (TPSA) is 25.8 Å². The third kappa shape index (κ3) is 3.79. The third-order valence-electron chi connectivity index (χ3n) is 6.53. The quantitative estimate of drug-likeness (QED) is 0.306. The normalized spacial score (nSPS) is 15.3. The summed E-state index contributed by atoms with van der Waals surface area (Å²) in [6.45, 7) is 9.03. The Kier molecular flexibility index (Phi) is 5.43. The lowest BCUT2D eigenvalue weighted by atomic mass is 9.89. The molecular weight excluding hydrogens is 416 g/mol. The number of hydrogen-bond acceptors (Lipinski definition) is 2. The molecular formula is C30H28N2Si. The van der Waals surface area contributed by atoms with Gasteiger partial charge in [0.25, 0.3) is 0 Å². The molecule has 0 amide bonds. The maximum absolute atomic E-state index is 4.68. The molecule has 0 aliphatic carbocycles. The lowest BCUT2D eigenvalue weighted by Crippen LogP contribution is -2.28. The first-order chi connectivity index (χ1) is 16.0. The molecule has 0 saturated heterocycles. The first kappa shape index (κ1) is 21.3. The highest BCUT2D eigenvalue weighted by molar-refractivity contribution is 7.13. The van der Waals surface area contributed by atoms with E-state index in [2.05, 4.69) is 120 Å². The minimum Gasteiger partial charge on any atom is -0.261 e. The number of allylic oxidation sites excluding steroid dienone is 2. The summed E-state index contributed by atoms with van der Waals surface area (Å²) in [5.74, 6) is 0. The van der Waals surface area contributed by atoms with Crippen molar-refractivity contribution in [2.45, 2.75) is 26.9 Å². The Bertz CT molecular complexity index is 1240. The van der Waals surface area contributed by atoms with E-state index >= 15 is 0 Å². The van der Waals surface area contributed by atoms with Crippen LogP contribution in [0.4, 0.5) is 0 Å². The summed E-state index contributed by atoms with van der Waals surface area (Å²) in [4.78, 5) is 9.36. The third-order valence-corrected chi connectivity index (χ3v) is 10.1. The van der Waals surface area contributed by atoms with Gasteiger partial charge in [0.2, 0.25) is 0 Å². The zero-order chi connectivity index (χ0) is 23.0. The van der Waals surface area contributed by atoms with E-state index in [4.69, 9.17) is 0 Å². The minimum absolute atomic E-state index is 1.04. The van der Waals surface area contributed by atoms with Crippen LogP contribution in [-0.4, -0.2) is 18.0 Å². The second-order valence-electron chi connectivity index (χ2n) is 9.23. The van der Waals surface area contributed by atoms with Gasteiger partial charge in [0, 0.05) is 23.8 Å². The van der Waals surface area contributed by atoms with Crippen molar-refractivity contribution in [3.63, 3.8) is 0 Å². The average molecular weight is 445 g/mol. The molecule has 1 aliphatic heterocycles. The van der Waals surface area contributed by atoms with Gasteiger partial charge in [-0.15, -0.1) is 0 Å². The molecule has 0 radical (unpaired) electrons. The van der Waals surface area contributed by atoms with Crippen LogP contribution in [0, 0.1) is 13.8 Å². The Hall–Kier alpha value is -3.56. The summed E-state index contributed by atoms with van der Waals surface area (Å²) in [5, 5.41) is 2.88. The van der Waals surface area contributed by atoms with Gasteiger partial charge >= 0.3 is 0 Å². The van der Waals surface area contributed by atoms with Crippen LogP contribution in [0.3, 0.4) is 0 Å². The largest absolute Gasteiger partial charge is 0.261 e. The van der Waals surface area contributed by atoms with Crippen molar-refractivity contribution in [2.75, 3.05) is 0 Å². The number of nitrogens with zero attached hydrogens (tertiary/aromatic N) is 2. The Labute approximate surface area is 197 Å². The molecule has 0 fully saturated rings. The highest BCUT2D eigenvalue weighted by Gasteiger charge is 2.43. The van der Waals surface area contributed by atoms with Gasteiger partial charge in [-0.05, 0) is 69.8 Å². The van der Waals surface area contributed by atoms with Crippen LogP contribution < -0.4 is 0 Å². The highest BCUT2D eigenvalue weighted by atomic mass is 28.3. The van der Waals surface area contributed by atoms with E-state index in [0.29, 0.717) is 0 Å². The maximum Gasteiger partial charge on any atom is 0.115 e. The van der Waals surface area contributed by atoms with Crippen LogP contribution in [0.5, 0.6) is 0 Å². The Morgan fingerprint density at radius 2 is 0.879 bits per heavy atom. The zero-order valence-electron chi connectivity index (χ0n) is 19.6. The fourth-order valence-electron chi connectivity index (χ4n) is 5.03. The summed E-state index contributed by atoms with van der Waals surface area (Å²) in [5.41, 5.74) is 9.69. The minimum atomic E-state index is -2.13. The van der Waals surface area contributed by atoms with Gasteiger partial charge in [0.05, 0.1) is 0 Å². The number of rotatable bonds is 4. The van der Waals surface area contributed by atoms with Gasteiger partial charge in [-0.25, -0.2) is 0 Å². The van der Waals surface area contributed by atoms with Crippen LogP contribution in [0.25, 0.3) is 21.5 Å². The van der Waals surface area contributed by atoms with Crippen molar-refractivity contribution in [1.82, 2.24) is 9.97 Å². The molecule has 0 spiro atoms. The molecule has 0 bridgehead atoms. The molecule has 2 nitrogen and oxygen atoms in total. The fourth-order valence-corrected chi connectivity index (χ4v) is 8.81. The molecule has 1 aliphatic rings. The number of hydrogen-bond donors (Lipinski definition) is 0. The second-order valence-corrected chi connectivity index (χ2v) is 13.5. The predicted molar refractivity (Wildman–Crippen MR) is 142 cm³/mol. The van der Waals surface area contributed by atoms with E-state index in [0.717, 1.165) is 11.4 Å². The second kappa shape index (κ2) is 8.42. The van der Waals surface area contributed by atoms with Gasteiger partial charge in [0.15, 0.2) is 0 Å². The number of benzene rings is 2. The van der Waals surface area contributed by atoms with Gasteiger partial charge in [0.1, 0.15) is 8.07 Å². The average Bonchev–Trinajstić information content (AvgIpc) is 3.08. The lowest BCUT2D eigenvalue weighted by molar-refractivity contribution is 1.19. The van der Waals surface area contributed by atoms with Crippen LogP contribution in [0.15, 0.2) is 97.3 Å². The van der Waals surface area contributed by atoms with Crippen molar-refractivity contribution < 1.29 is 0 Å². The summed E-state index contributed by atoms with van der Waals surface area (Å²) in [6, 6.07) is 30.4. The Morgan fingerprint density at radius 1 is 0.485 bits per heavy atom. The van der Waals surface area contributed by atoms with Gasteiger partial charge < -0.3 is 0 Å². The van der Waals surface area contributed by atoms with Crippen molar-refractivity contribution in [1.29, 1.82) is 0 Å². The molecule has 3 heterocycles. The molecule has 2 aromatic heterocycles. The molecule has 4 aromatic rings. The maximum atomic E-state index is 4.68. The van der Waals surface area contributed by atoms with Crippen molar-refractivity contribution >= 4 is 29.6 Å². The van der Waals surface area contributed by atoms with Gasteiger partial charge in [-0.1, -0.05) is 85.9 Å². The van der Waals surface area contributed by atoms with Crippen LogP contribution in [-0.2, 0) is 0 Å². The molecule has 0 saturated carbocycles. The molecule has 2 aromatic carbocycles. The standard InChI is InChI=1S/C30H28N2Si/c1-21-15-17-25(19-31-21)29-27(23-11-7-5-8-12-23)28(24-13-9-6-10-14-24)30(33(29,3)4)26-18-16-22(2)32-20-26/h5-20H,1-4H3. The van der Waals surface area contributed by atoms with E-state index < -0.39 is 8.07 Å². The fraction of sp³-hybridized carbons (Fsp3) is 0.133. The summed E-state index contributed by atoms with van der Waals surface area (Å²) < 4.78 is 0. The summed E-state index contributed by atoms with van der Waals surface area (Å²) in [6.07, 6.45) is 4.11. The van der Waals surface area contributed by atoms with Crippen molar-refractivity contribution in [2.24, 2.45) is 0 Å². The van der Waals surface area contributed by atoms with Crippen molar-refractivity contribution in [3.05, 3.63) is 131 Å². The van der Waals surface area contributed by atoms with Crippen LogP contribution in [0.1, 0.15) is 33.6 Å². The molecule has 0 N–H and O–H groups in total. The molecule has 5 rings (SSSR count). The first-order valence-corrected chi connectivity index (χ1v) is 14.4. The number of pyridine rings is 2. The van der Waals surface area contributed by atoms with E-state index in [1.54, 1.807) is 0 Å². The Morgan fingerprint density at radius 3 is 1.21 bits per heavy atom. The molecule has 0 atom stereocenters. The monoisotopic (exact) mass is 444 g/mol. The first-order valence-electron chi connectivity index (χ1n) is 11.4.